The van der Waals surface area contributed by atoms with Crippen molar-refractivity contribution >= 4 is 0 Å². The Morgan fingerprint density at radius 1 is 1.44 bits per heavy atom. The van der Waals surface area contributed by atoms with Crippen molar-refractivity contribution in [3.63, 3.8) is 0 Å². The third kappa shape index (κ3) is 4.72. The van der Waals surface area contributed by atoms with Crippen LogP contribution in [-0.4, -0.2) is 55.9 Å². The molecule has 4 heteroatoms. The Kier molecular flexibility index (Phi) is 5.58. The minimum absolute atomic E-state index is 0.238. The van der Waals surface area contributed by atoms with Gasteiger partial charge in [-0.25, -0.2) is 0 Å². The molecule has 2 heterocycles. The average Bonchev–Trinajstić information content (AvgIpc) is 2.41. The molecule has 1 unspecified atom stereocenters. The van der Waals surface area contributed by atoms with Gasteiger partial charge in [0.2, 0.25) is 0 Å². The largest absolute Gasteiger partial charge is 0.376 e. The van der Waals surface area contributed by atoms with Crippen molar-refractivity contribution in [2.75, 3.05) is 40.0 Å². The van der Waals surface area contributed by atoms with Crippen molar-refractivity contribution in [3.05, 3.63) is 30.1 Å². The molecule has 18 heavy (non-hydrogen) atoms. The highest BCUT2D eigenvalue weighted by molar-refractivity contribution is 5.08. The molecular weight excluding hydrogens is 228 g/mol. The van der Waals surface area contributed by atoms with E-state index in [4.69, 9.17) is 9.47 Å². The van der Waals surface area contributed by atoms with E-state index in [1.165, 1.54) is 5.56 Å². The third-order valence-corrected chi connectivity index (χ3v) is 3.13. The molecule has 1 fully saturated rings. The van der Waals surface area contributed by atoms with Gasteiger partial charge in [-0.15, -0.1) is 0 Å². The van der Waals surface area contributed by atoms with Crippen LogP contribution in [0.25, 0.3) is 0 Å². The highest BCUT2D eigenvalue weighted by atomic mass is 16.6. The summed E-state index contributed by atoms with van der Waals surface area (Å²) in [5.74, 6) is 0. The molecule has 0 bridgehead atoms. The van der Waals surface area contributed by atoms with Gasteiger partial charge in [0.05, 0.1) is 25.9 Å². The lowest BCUT2D eigenvalue weighted by atomic mass is 10.1. The molecule has 1 atom stereocenters. The van der Waals surface area contributed by atoms with Gasteiger partial charge in [0, 0.05) is 18.9 Å². The van der Waals surface area contributed by atoms with Gasteiger partial charge in [0.15, 0.2) is 0 Å². The van der Waals surface area contributed by atoms with E-state index in [1.54, 1.807) is 0 Å². The van der Waals surface area contributed by atoms with Crippen LogP contribution in [0.4, 0.5) is 0 Å². The average molecular weight is 250 g/mol. The van der Waals surface area contributed by atoms with Gasteiger partial charge in [-0.2, -0.15) is 0 Å². The van der Waals surface area contributed by atoms with E-state index in [0.717, 1.165) is 45.8 Å². The van der Waals surface area contributed by atoms with Crippen molar-refractivity contribution in [3.8, 4) is 0 Å². The Morgan fingerprint density at radius 2 is 2.39 bits per heavy atom. The summed E-state index contributed by atoms with van der Waals surface area (Å²) in [6.45, 7) is 4.23. The van der Waals surface area contributed by atoms with E-state index in [0.29, 0.717) is 0 Å². The van der Waals surface area contributed by atoms with Crippen LogP contribution in [0.5, 0.6) is 0 Å². The smallest absolute Gasteiger partial charge is 0.0936 e. The quantitative estimate of drug-likeness (QED) is 0.763. The molecule has 1 aromatic rings. The fourth-order valence-electron chi connectivity index (χ4n) is 2.18. The number of aromatic nitrogens is 1. The summed E-state index contributed by atoms with van der Waals surface area (Å²) in [6, 6.07) is 4.12. The Morgan fingerprint density at radius 3 is 3.11 bits per heavy atom. The first kappa shape index (κ1) is 13.5. The normalized spacial score (nSPS) is 20.2. The van der Waals surface area contributed by atoms with E-state index in [9.17, 15) is 0 Å². The second-order valence-corrected chi connectivity index (χ2v) is 4.79. The van der Waals surface area contributed by atoms with E-state index < -0.39 is 0 Å². The maximum Gasteiger partial charge on any atom is 0.0936 e. The van der Waals surface area contributed by atoms with Crippen molar-refractivity contribution < 1.29 is 9.47 Å². The Bertz CT molecular complexity index is 326. The molecule has 1 aliphatic heterocycles. The zero-order chi connectivity index (χ0) is 12.6. The Hall–Kier alpha value is -0.970. The molecule has 0 N–H and O–H groups in total. The monoisotopic (exact) mass is 250 g/mol. The SMILES string of the molecule is CN(CCCc1cccnc1)CC1COCCO1. The van der Waals surface area contributed by atoms with Crippen LogP contribution in [0.15, 0.2) is 24.5 Å². The van der Waals surface area contributed by atoms with Crippen LogP contribution < -0.4 is 0 Å². The first-order valence-corrected chi connectivity index (χ1v) is 6.61. The maximum absolute atomic E-state index is 5.64. The first-order chi connectivity index (χ1) is 8.84. The van der Waals surface area contributed by atoms with Gasteiger partial charge in [-0.1, -0.05) is 6.07 Å². The summed E-state index contributed by atoms with van der Waals surface area (Å²) < 4.78 is 11.0. The molecule has 4 nitrogen and oxygen atoms in total. The van der Waals surface area contributed by atoms with Gasteiger partial charge < -0.3 is 14.4 Å². The van der Waals surface area contributed by atoms with Gasteiger partial charge in [-0.05, 0) is 38.1 Å². The summed E-state index contributed by atoms with van der Waals surface area (Å²) in [5, 5.41) is 0. The van der Waals surface area contributed by atoms with E-state index in [2.05, 4.69) is 23.0 Å². The fourth-order valence-corrected chi connectivity index (χ4v) is 2.18. The van der Waals surface area contributed by atoms with Crippen LogP contribution in [-0.2, 0) is 15.9 Å². The van der Waals surface area contributed by atoms with Gasteiger partial charge in [-0.3, -0.25) is 4.98 Å². The Labute approximate surface area is 109 Å². The topological polar surface area (TPSA) is 34.6 Å². The Balaban J connectivity index is 1.61. The number of nitrogens with zero attached hydrogens (tertiary/aromatic N) is 2. The molecule has 0 amide bonds. The van der Waals surface area contributed by atoms with Crippen molar-refractivity contribution in [1.82, 2.24) is 9.88 Å². The predicted octanol–water partition coefficient (Wildman–Crippen LogP) is 1.36. The third-order valence-electron chi connectivity index (χ3n) is 3.13. The molecule has 0 aromatic carbocycles. The lowest BCUT2D eigenvalue weighted by Crippen LogP contribution is -2.38. The van der Waals surface area contributed by atoms with Crippen LogP contribution in [0, 0.1) is 0 Å². The zero-order valence-corrected chi connectivity index (χ0v) is 11.0. The predicted molar refractivity (Wildman–Crippen MR) is 70.6 cm³/mol. The molecule has 0 aliphatic carbocycles. The van der Waals surface area contributed by atoms with E-state index >= 15 is 0 Å². The number of hydrogen-bond donors (Lipinski definition) is 0. The highest BCUT2D eigenvalue weighted by Crippen LogP contribution is 2.05. The number of hydrogen-bond acceptors (Lipinski definition) is 4. The van der Waals surface area contributed by atoms with Crippen molar-refractivity contribution in [2.24, 2.45) is 0 Å². The van der Waals surface area contributed by atoms with Gasteiger partial charge in [0.1, 0.15) is 0 Å². The highest BCUT2D eigenvalue weighted by Gasteiger charge is 2.15. The molecule has 0 radical (unpaired) electrons. The van der Waals surface area contributed by atoms with E-state index in [1.807, 2.05) is 18.5 Å². The number of aryl methyl sites for hydroxylation is 1. The second kappa shape index (κ2) is 7.46. The molecule has 1 aliphatic rings. The van der Waals surface area contributed by atoms with Crippen molar-refractivity contribution in [2.45, 2.75) is 18.9 Å². The van der Waals surface area contributed by atoms with Crippen LogP contribution in [0.3, 0.4) is 0 Å². The molecule has 2 rings (SSSR count). The first-order valence-electron chi connectivity index (χ1n) is 6.61. The van der Waals surface area contributed by atoms with Gasteiger partial charge >= 0.3 is 0 Å². The second-order valence-electron chi connectivity index (χ2n) is 4.79. The summed E-state index contributed by atoms with van der Waals surface area (Å²) in [7, 11) is 2.14. The maximum atomic E-state index is 5.64. The number of likely N-dealkylation sites (N-methyl/N-ethyl adjacent to an activating group) is 1. The number of ether oxygens (including phenoxy) is 2. The molecule has 1 saturated heterocycles. The van der Waals surface area contributed by atoms with Crippen LogP contribution in [0.2, 0.25) is 0 Å². The fraction of sp³-hybridized carbons (Fsp3) is 0.643. The zero-order valence-electron chi connectivity index (χ0n) is 11.0. The lowest BCUT2D eigenvalue weighted by Gasteiger charge is -2.27. The minimum atomic E-state index is 0.238. The van der Waals surface area contributed by atoms with Crippen LogP contribution >= 0.6 is 0 Å². The lowest BCUT2D eigenvalue weighted by molar-refractivity contribution is -0.0957. The van der Waals surface area contributed by atoms with Gasteiger partial charge in [0.25, 0.3) is 0 Å². The summed E-state index contributed by atoms with van der Waals surface area (Å²) in [4.78, 5) is 6.44. The summed E-state index contributed by atoms with van der Waals surface area (Å²) >= 11 is 0. The molecule has 1 aromatic heterocycles. The minimum Gasteiger partial charge on any atom is -0.376 e. The van der Waals surface area contributed by atoms with Crippen LogP contribution in [0.1, 0.15) is 12.0 Å². The molecule has 0 spiro atoms. The van der Waals surface area contributed by atoms with Crippen molar-refractivity contribution in [1.29, 1.82) is 0 Å². The molecule has 0 saturated carbocycles. The summed E-state index contributed by atoms with van der Waals surface area (Å²) in [5.41, 5.74) is 1.31. The number of pyridine rings is 1. The summed E-state index contributed by atoms with van der Waals surface area (Å²) in [6.07, 6.45) is 6.23. The standard InChI is InChI=1S/C14H22N2O2/c1-16(11-14-12-17-8-9-18-14)7-3-5-13-4-2-6-15-10-13/h2,4,6,10,14H,3,5,7-9,11-12H2,1H3. The number of rotatable bonds is 6. The van der Waals surface area contributed by atoms with E-state index in [-0.39, 0.29) is 6.10 Å². The molecular formula is C14H22N2O2. The molecule has 100 valence electrons.